The van der Waals surface area contributed by atoms with Crippen molar-refractivity contribution in [2.45, 2.75) is 13.3 Å². The first kappa shape index (κ1) is 14.8. The SMILES string of the molecule is C=C/C=C(\C=C/C)CCNc1nccn2c(NC)cnc12. The van der Waals surface area contributed by atoms with Crippen molar-refractivity contribution in [2.75, 3.05) is 24.2 Å². The van der Waals surface area contributed by atoms with E-state index >= 15 is 0 Å². The van der Waals surface area contributed by atoms with Crippen LogP contribution in [0.25, 0.3) is 5.65 Å². The largest absolute Gasteiger partial charge is 0.373 e. The molecule has 0 fully saturated rings. The Morgan fingerprint density at radius 2 is 2.29 bits per heavy atom. The van der Waals surface area contributed by atoms with E-state index in [1.165, 1.54) is 5.57 Å². The van der Waals surface area contributed by atoms with Gasteiger partial charge in [0.1, 0.15) is 5.82 Å². The molecular formula is C16H21N5. The van der Waals surface area contributed by atoms with Crippen LogP contribution in [0, 0.1) is 0 Å². The molecule has 5 heteroatoms. The van der Waals surface area contributed by atoms with Gasteiger partial charge in [-0.25, -0.2) is 9.97 Å². The van der Waals surface area contributed by atoms with Crippen LogP contribution in [0.3, 0.4) is 0 Å². The molecule has 2 N–H and O–H groups in total. The summed E-state index contributed by atoms with van der Waals surface area (Å²) in [4.78, 5) is 8.75. The van der Waals surface area contributed by atoms with Crippen molar-refractivity contribution in [1.29, 1.82) is 0 Å². The molecule has 0 radical (unpaired) electrons. The van der Waals surface area contributed by atoms with E-state index in [9.17, 15) is 0 Å². The van der Waals surface area contributed by atoms with E-state index in [4.69, 9.17) is 0 Å². The average molecular weight is 283 g/mol. The molecule has 110 valence electrons. The van der Waals surface area contributed by atoms with Gasteiger partial charge < -0.3 is 10.6 Å². The molecule has 5 nitrogen and oxygen atoms in total. The predicted molar refractivity (Wildman–Crippen MR) is 88.7 cm³/mol. The lowest BCUT2D eigenvalue weighted by Crippen LogP contribution is -2.06. The standard InChI is InChI=1S/C16H21N5/c1-4-6-13(7-5-2)8-9-18-15-16-20-12-14(17-3)21(16)11-10-19-15/h4-7,10-12,17H,1,8-9H2,2-3H3,(H,18,19)/b7-5-,13-6+. The molecule has 0 amide bonds. The van der Waals surface area contributed by atoms with Crippen molar-refractivity contribution in [3.05, 3.63) is 55.0 Å². The molecule has 2 aromatic heterocycles. The van der Waals surface area contributed by atoms with Gasteiger partial charge in [0.05, 0.1) is 6.20 Å². The fourth-order valence-corrected chi connectivity index (χ4v) is 2.14. The van der Waals surface area contributed by atoms with Crippen molar-refractivity contribution < 1.29 is 0 Å². The molecular weight excluding hydrogens is 262 g/mol. The van der Waals surface area contributed by atoms with Gasteiger partial charge in [0.25, 0.3) is 0 Å². The predicted octanol–water partition coefficient (Wildman–Crippen LogP) is 3.26. The first-order valence-electron chi connectivity index (χ1n) is 6.98. The zero-order chi connectivity index (χ0) is 15.1. The number of anilines is 2. The molecule has 0 saturated carbocycles. The lowest BCUT2D eigenvalue weighted by atomic mass is 10.1. The van der Waals surface area contributed by atoms with Gasteiger partial charge in [-0.3, -0.25) is 4.40 Å². The summed E-state index contributed by atoms with van der Waals surface area (Å²) in [7, 11) is 1.88. The summed E-state index contributed by atoms with van der Waals surface area (Å²) in [6.07, 6.45) is 14.3. The highest BCUT2D eigenvalue weighted by Gasteiger charge is 2.06. The maximum atomic E-state index is 4.39. The van der Waals surface area contributed by atoms with Crippen LogP contribution >= 0.6 is 0 Å². The van der Waals surface area contributed by atoms with Gasteiger partial charge in [-0.2, -0.15) is 0 Å². The second kappa shape index (κ2) is 7.28. The fourth-order valence-electron chi connectivity index (χ4n) is 2.14. The Bertz CT molecular complexity index is 666. The summed E-state index contributed by atoms with van der Waals surface area (Å²) in [5.74, 6) is 1.73. The number of hydrogen-bond acceptors (Lipinski definition) is 4. The second-order valence-corrected chi connectivity index (χ2v) is 4.52. The quantitative estimate of drug-likeness (QED) is 0.766. The van der Waals surface area contributed by atoms with E-state index in [1.54, 1.807) is 12.4 Å². The highest BCUT2D eigenvalue weighted by Crippen LogP contribution is 2.17. The lowest BCUT2D eigenvalue weighted by Gasteiger charge is -2.08. The number of nitrogens with zero attached hydrogens (tertiary/aromatic N) is 3. The number of hydrogen-bond donors (Lipinski definition) is 2. The Hall–Kier alpha value is -2.56. The number of aromatic nitrogens is 3. The Morgan fingerprint density at radius 3 is 3.00 bits per heavy atom. The normalized spacial score (nSPS) is 12.0. The van der Waals surface area contributed by atoms with Gasteiger partial charge in [-0.15, -0.1) is 0 Å². The number of nitrogens with one attached hydrogen (secondary N) is 2. The van der Waals surface area contributed by atoms with Crippen LogP contribution in [0.1, 0.15) is 13.3 Å². The Balaban J connectivity index is 2.08. The van der Waals surface area contributed by atoms with Crippen molar-refractivity contribution in [3.8, 4) is 0 Å². The smallest absolute Gasteiger partial charge is 0.181 e. The number of imidazole rings is 1. The van der Waals surface area contributed by atoms with Crippen LogP contribution in [-0.4, -0.2) is 28.0 Å². The molecule has 0 aliphatic rings. The van der Waals surface area contributed by atoms with E-state index in [-0.39, 0.29) is 0 Å². The minimum atomic E-state index is 0.789. The van der Waals surface area contributed by atoms with Gasteiger partial charge in [0.15, 0.2) is 11.5 Å². The average Bonchev–Trinajstić information content (AvgIpc) is 2.91. The topological polar surface area (TPSA) is 54.2 Å². The Labute approximate surface area is 125 Å². The number of rotatable bonds is 7. The van der Waals surface area contributed by atoms with Gasteiger partial charge >= 0.3 is 0 Å². The van der Waals surface area contributed by atoms with Crippen LogP contribution in [0.5, 0.6) is 0 Å². The molecule has 2 aromatic rings. The molecule has 0 bridgehead atoms. The minimum absolute atomic E-state index is 0.789. The molecule has 21 heavy (non-hydrogen) atoms. The third kappa shape index (κ3) is 3.51. The molecule has 0 aromatic carbocycles. The molecule has 0 aliphatic heterocycles. The van der Waals surface area contributed by atoms with E-state index in [0.717, 1.165) is 30.2 Å². The molecule has 0 saturated heterocycles. The second-order valence-electron chi connectivity index (χ2n) is 4.52. The Kier molecular flexibility index (Phi) is 5.15. The van der Waals surface area contributed by atoms with E-state index in [1.807, 2.05) is 42.8 Å². The highest BCUT2D eigenvalue weighted by atomic mass is 15.2. The number of allylic oxidation sites excluding steroid dienone is 4. The molecule has 2 heterocycles. The van der Waals surface area contributed by atoms with E-state index < -0.39 is 0 Å². The zero-order valence-corrected chi connectivity index (χ0v) is 12.5. The first-order valence-corrected chi connectivity index (χ1v) is 6.98. The lowest BCUT2D eigenvalue weighted by molar-refractivity contribution is 1.00. The van der Waals surface area contributed by atoms with Gasteiger partial charge in [0, 0.05) is 26.0 Å². The summed E-state index contributed by atoms with van der Waals surface area (Å²) in [5, 5.41) is 6.44. The first-order chi connectivity index (χ1) is 10.3. The summed E-state index contributed by atoms with van der Waals surface area (Å²) in [6, 6.07) is 0. The van der Waals surface area contributed by atoms with Crippen molar-refractivity contribution in [1.82, 2.24) is 14.4 Å². The van der Waals surface area contributed by atoms with Crippen molar-refractivity contribution in [3.63, 3.8) is 0 Å². The monoisotopic (exact) mass is 283 g/mol. The van der Waals surface area contributed by atoms with Crippen LogP contribution in [0.15, 0.2) is 55.0 Å². The van der Waals surface area contributed by atoms with Crippen LogP contribution in [0.2, 0.25) is 0 Å². The summed E-state index contributed by atoms with van der Waals surface area (Å²) in [5.41, 5.74) is 2.05. The Morgan fingerprint density at radius 1 is 1.43 bits per heavy atom. The molecule has 0 spiro atoms. The van der Waals surface area contributed by atoms with Gasteiger partial charge in [-0.05, 0) is 18.9 Å². The third-order valence-electron chi connectivity index (χ3n) is 3.10. The third-order valence-corrected chi connectivity index (χ3v) is 3.10. The van der Waals surface area contributed by atoms with Crippen molar-refractivity contribution in [2.24, 2.45) is 0 Å². The molecule has 0 aliphatic carbocycles. The maximum Gasteiger partial charge on any atom is 0.181 e. The highest BCUT2D eigenvalue weighted by molar-refractivity contribution is 5.66. The molecule has 0 unspecified atom stereocenters. The zero-order valence-electron chi connectivity index (χ0n) is 12.5. The molecule has 0 atom stereocenters. The van der Waals surface area contributed by atoms with Gasteiger partial charge in [0.2, 0.25) is 0 Å². The van der Waals surface area contributed by atoms with Crippen LogP contribution in [0.4, 0.5) is 11.6 Å². The summed E-state index contributed by atoms with van der Waals surface area (Å²) in [6.45, 7) is 6.54. The summed E-state index contributed by atoms with van der Waals surface area (Å²) < 4.78 is 1.97. The minimum Gasteiger partial charge on any atom is -0.373 e. The maximum absolute atomic E-state index is 4.39. The van der Waals surface area contributed by atoms with Gasteiger partial charge in [-0.1, -0.05) is 30.9 Å². The van der Waals surface area contributed by atoms with Crippen LogP contribution < -0.4 is 10.6 Å². The summed E-state index contributed by atoms with van der Waals surface area (Å²) >= 11 is 0. The van der Waals surface area contributed by atoms with E-state index in [0.29, 0.717) is 0 Å². The number of fused-ring (bicyclic) bond motifs is 1. The van der Waals surface area contributed by atoms with Crippen molar-refractivity contribution >= 4 is 17.3 Å². The fraction of sp³-hybridized carbons (Fsp3) is 0.250. The van der Waals surface area contributed by atoms with Crippen LogP contribution in [-0.2, 0) is 0 Å². The van der Waals surface area contributed by atoms with E-state index in [2.05, 4.69) is 33.3 Å². The molecule has 2 rings (SSSR count).